The van der Waals surface area contributed by atoms with E-state index >= 15 is 0 Å². The first kappa shape index (κ1) is 21.3. The van der Waals surface area contributed by atoms with Gasteiger partial charge in [-0.15, -0.1) is 0 Å². The van der Waals surface area contributed by atoms with Gasteiger partial charge in [0, 0.05) is 45.0 Å². The number of carbonyl (C=O) groups is 1. The molecular formula is C22H29N3O3S. The van der Waals surface area contributed by atoms with E-state index in [4.69, 9.17) is 0 Å². The molecule has 0 aromatic heterocycles. The van der Waals surface area contributed by atoms with E-state index in [0.29, 0.717) is 30.8 Å². The van der Waals surface area contributed by atoms with Crippen LogP contribution >= 0.6 is 0 Å². The summed E-state index contributed by atoms with van der Waals surface area (Å²) in [5, 5.41) is 2.88. The summed E-state index contributed by atoms with van der Waals surface area (Å²) in [5.41, 5.74) is 3.09. The van der Waals surface area contributed by atoms with Gasteiger partial charge in [-0.1, -0.05) is 24.6 Å². The number of piperidine rings is 1. The third-order valence-electron chi connectivity index (χ3n) is 5.29. The van der Waals surface area contributed by atoms with Gasteiger partial charge in [-0.2, -0.15) is 4.31 Å². The van der Waals surface area contributed by atoms with Crippen molar-refractivity contribution in [1.82, 2.24) is 9.62 Å². The van der Waals surface area contributed by atoms with Crippen molar-refractivity contribution in [3.8, 4) is 0 Å². The number of benzene rings is 2. The minimum absolute atomic E-state index is 0.224. The quantitative estimate of drug-likeness (QED) is 0.787. The lowest BCUT2D eigenvalue weighted by molar-refractivity contribution is 0.0950. The van der Waals surface area contributed by atoms with Crippen molar-refractivity contribution in [2.24, 2.45) is 0 Å². The zero-order valence-corrected chi connectivity index (χ0v) is 18.1. The first-order valence-corrected chi connectivity index (χ1v) is 11.4. The van der Waals surface area contributed by atoms with Crippen molar-refractivity contribution in [2.45, 2.75) is 37.6 Å². The van der Waals surface area contributed by atoms with E-state index in [2.05, 4.69) is 5.32 Å². The van der Waals surface area contributed by atoms with E-state index in [1.54, 1.807) is 19.1 Å². The average Bonchev–Trinajstić information content (AvgIpc) is 2.73. The lowest BCUT2D eigenvalue weighted by Gasteiger charge is -2.26. The van der Waals surface area contributed by atoms with Crippen LogP contribution in [0.5, 0.6) is 0 Å². The van der Waals surface area contributed by atoms with Gasteiger partial charge in [0.1, 0.15) is 0 Å². The highest BCUT2D eigenvalue weighted by Gasteiger charge is 2.28. The van der Waals surface area contributed by atoms with Crippen LogP contribution in [-0.2, 0) is 16.6 Å². The molecule has 2 aromatic carbocycles. The molecule has 156 valence electrons. The van der Waals surface area contributed by atoms with Gasteiger partial charge >= 0.3 is 0 Å². The second-order valence-electron chi connectivity index (χ2n) is 7.69. The molecule has 1 fully saturated rings. The molecule has 0 radical (unpaired) electrons. The molecule has 1 N–H and O–H groups in total. The molecule has 29 heavy (non-hydrogen) atoms. The molecule has 2 aromatic rings. The first-order valence-electron chi connectivity index (χ1n) is 9.94. The van der Waals surface area contributed by atoms with Gasteiger partial charge in [-0.25, -0.2) is 8.42 Å². The van der Waals surface area contributed by atoms with E-state index in [1.807, 2.05) is 43.3 Å². The maximum Gasteiger partial charge on any atom is 0.251 e. The van der Waals surface area contributed by atoms with Gasteiger partial charge in [0.25, 0.3) is 5.91 Å². The zero-order valence-electron chi connectivity index (χ0n) is 17.3. The van der Waals surface area contributed by atoms with Gasteiger partial charge in [0.05, 0.1) is 4.90 Å². The van der Waals surface area contributed by atoms with Crippen molar-refractivity contribution < 1.29 is 13.2 Å². The second-order valence-corrected chi connectivity index (χ2v) is 9.59. The average molecular weight is 416 g/mol. The Morgan fingerprint density at radius 3 is 2.31 bits per heavy atom. The number of amides is 1. The summed E-state index contributed by atoms with van der Waals surface area (Å²) >= 11 is 0. The Labute approximate surface area is 173 Å². The standard InChI is InChI=1S/C22H29N3O3S/c1-17-7-10-19(15-21(17)29(27,28)25-13-5-4-6-14-25)22(26)23-16-18-8-11-20(12-9-18)24(2)3/h7-12,15H,4-6,13-14,16H2,1-3H3,(H,23,26). The van der Waals surface area contributed by atoms with Gasteiger partial charge in [0.2, 0.25) is 10.0 Å². The molecule has 1 aliphatic rings. The fourth-order valence-corrected chi connectivity index (χ4v) is 5.23. The highest BCUT2D eigenvalue weighted by Crippen LogP contribution is 2.24. The van der Waals surface area contributed by atoms with E-state index in [1.165, 1.54) is 10.4 Å². The minimum atomic E-state index is -3.58. The summed E-state index contributed by atoms with van der Waals surface area (Å²) in [7, 11) is 0.372. The highest BCUT2D eigenvalue weighted by molar-refractivity contribution is 7.89. The molecule has 0 saturated carbocycles. The number of carbonyl (C=O) groups excluding carboxylic acids is 1. The molecular weight excluding hydrogens is 386 g/mol. The van der Waals surface area contributed by atoms with Crippen LogP contribution in [0.2, 0.25) is 0 Å². The Kier molecular flexibility index (Phi) is 6.59. The molecule has 0 unspecified atom stereocenters. The zero-order chi connectivity index (χ0) is 21.0. The van der Waals surface area contributed by atoms with Crippen LogP contribution < -0.4 is 10.2 Å². The summed E-state index contributed by atoms with van der Waals surface area (Å²) in [6.45, 7) is 3.24. The number of hydrogen-bond donors (Lipinski definition) is 1. The molecule has 1 aliphatic heterocycles. The van der Waals surface area contributed by atoms with E-state index in [9.17, 15) is 13.2 Å². The highest BCUT2D eigenvalue weighted by atomic mass is 32.2. The van der Waals surface area contributed by atoms with Gasteiger partial charge in [0.15, 0.2) is 0 Å². The Hall–Kier alpha value is -2.38. The molecule has 6 nitrogen and oxygen atoms in total. The van der Waals surface area contributed by atoms with E-state index in [-0.39, 0.29) is 10.8 Å². The minimum Gasteiger partial charge on any atom is -0.378 e. The summed E-state index contributed by atoms with van der Waals surface area (Å²) in [5.74, 6) is -0.281. The SMILES string of the molecule is Cc1ccc(C(=O)NCc2ccc(N(C)C)cc2)cc1S(=O)(=O)N1CCCCC1. The third-order valence-corrected chi connectivity index (χ3v) is 7.33. The van der Waals surface area contributed by atoms with Crippen molar-refractivity contribution in [3.05, 3.63) is 59.2 Å². The summed E-state index contributed by atoms with van der Waals surface area (Å²) in [4.78, 5) is 14.9. The lowest BCUT2D eigenvalue weighted by Crippen LogP contribution is -2.36. The molecule has 0 atom stereocenters. The lowest BCUT2D eigenvalue weighted by atomic mass is 10.1. The van der Waals surface area contributed by atoms with Crippen molar-refractivity contribution in [2.75, 3.05) is 32.1 Å². The summed E-state index contributed by atoms with van der Waals surface area (Å²) in [6.07, 6.45) is 2.82. The molecule has 0 aliphatic carbocycles. The van der Waals surface area contributed by atoms with Crippen LogP contribution in [0, 0.1) is 6.92 Å². The van der Waals surface area contributed by atoms with Crippen molar-refractivity contribution in [3.63, 3.8) is 0 Å². The van der Waals surface area contributed by atoms with Gasteiger partial charge in [-0.05, 0) is 55.2 Å². The molecule has 1 saturated heterocycles. The topological polar surface area (TPSA) is 69.7 Å². The van der Waals surface area contributed by atoms with Crippen molar-refractivity contribution >= 4 is 21.6 Å². The van der Waals surface area contributed by atoms with Gasteiger partial charge < -0.3 is 10.2 Å². The maximum atomic E-state index is 13.0. The molecule has 1 amide bonds. The molecule has 1 heterocycles. The molecule has 0 spiro atoms. The van der Waals surface area contributed by atoms with Crippen LogP contribution in [0.1, 0.15) is 40.7 Å². The van der Waals surface area contributed by atoms with Crippen LogP contribution in [-0.4, -0.2) is 45.8 Å². The predicted molar refractivity (Wildman–Crippen MR) is 116 cm³/mol. The number of rotatable bonds is 6. The number of hydrogen-bond acceptors (Lipinski definition) is 4. The number of aryl methyl sites for hydroxylation is 1. The molecule has 0 bridgehead atoms. The third kappa shape index (κ3) is 4.97. The van der Waals surface area contributed by atoms with Crippen LogP contribution in [0.3, 0.4) is 0 Å². The second kappa shape index (κ2) is 8.97. The normalized spacial score (nSPS) is 15.1. The number of nitrogens with one attached hydrogen (secondary N) is 1. The number of anilines is 1. The molecule has 3 rings (SSSR count). The maximum absolute atomic E-state index is 13.0. The Morgan fingerprint density at radius 1 is 1.03 bits per heavy atom. The molecule has 7 heteroatoms. The summed E-state index contributed by atoms with van der Waals surface area (Å²) in [6, 6.07) is 12.8. The van der Waals surface area contributed by atoms with E-state index < -0.39 is 10.0 Å². The Morgan fingerprint density at radius 2 is 1.69 bits per heavy atom. The monoisotopic (exact) mass is 415 g/mol. The van der Waals surface area contributed by atoms with Crippen LogP contribution in [0.15, 0.2) is 47.4 Å². The summed E-state index contributed by atoms with van der Waals surface area (Å²) < 4.78 is 27.6. The van der Waals surface area contributed by atoms with Crippen LogP contribution in [0.25, 0.3) is 0 Å². The number of sulfonamides is 1. The predicted octanol–water partition coefficient (Wildman–Crippen LogP) is 3.17. The van der Waals surface area contributed by atoms with E-state index in [0.717, 1.165) is 30.5 Å². The Balaban J connectivity index is 1.73. The van der Waals surface area contributed by atoms with Crippen LogP contribution in [0.4, 0.5) is 5.69 Å². The first-order chi connectivity index (χ1) is 13.8. The fourth-order valence-electron chi connectivity index (χ4n) is 3.46. The smallest absolute Gasteiger partial charge is 0.251 e. The van der Waals surface area contributed by atoms with Crippen molar-refractivity contribution in [1.29, 1.82) is 0 Å². The fraction of sp³-hybridized carbons (Fsp3) is 0.409. The van der Waals surface area contributed by atoms with Gasteiger partial charge in [-0.3, -0.25) is 4.79 Å². The largest absolute Gasteiger partial charge is 0.378 e. The Bertz CT molecular complexity index is 963. The number of nitrogens with zero attached hydrogens (tertiary/aromatic N) is 2.